The van der Waals surface area contributed by atoms with Gasteiger partial charge >= 0.3 is 0 Å². The Morgan fingerprint density at radius 3 is 2.27 bits per heavy atom. The first-order chi connectivity index (χ1) is 4.98. The van der Waals surface area contributed by atoms with Gasteiger partial charge in [0.1, 0.15) is 5.78 Å². The fourth-order valence-electron chi connectivity index (χ4n) is 0.914. The van der Waals surface area contributed by atoms with E-state index >= 15 is 0 Å². The summed E-state index contributed by atoms with van der Waals surface area (Å²) in [7, 11) is 4.39. The summed E-state index contributed by atoms with van der Waals surface area (Å²) in [5, 5.41) is 0. The van der Waals surface area contributed by atoms with E-state index in [2.05, 4.69) is 21.0 Å². The highest BCUT2D eigenvalue weighted by molar-refractivity contribution is 5.75. The van der Waals surface area contributed by atoms with Gasteiger partial charge < -0.3 is 9.28 Å². The van der Waals surface area contributed by atoms with Gasteiger partial charge in [0, 0.05) is 12.8 Å². The van der Waals surface area contributed by atoms with Gasteiger partial charge in [0.2, 0.25) is 0 Å². The molecule has 0 aliphatic carbocycles. The van der Waals surface area contributed by atoms with Crippen molar-refractivity contribution < 1.29 is 9.28 Å². The third kappa shape index (κ3) is 6.05. The van der Waals surface area contributed by atoms with Gasteiger partial charge in [-0.2, -0.15) is 0 Å². The number of carbonyl (C=O) groups excluding carboxylic acids is 1. The molecule has 0 spiro atoms. The number of ketones is 1. The van der Waals surface area contributed by atoms with E-state index in [-0.39, 0.29) is 0 Å². The molecule has 2 nitrogen and oxygen atoms in total. The zero-order valence-corrected chi connectivity index (χ0v) is 8.18. The van der Waals surface area contributed by atoms with Crippen molar-refractivity contribution in [1.29, 1.82) is 0 Å². The lowest BCUT2D eigenvalue weighted by Gasteiger charge is -2.27. The molecule has 0 bridgehead atoms. The monoisotopic (exact) mass is 158 g/mol. The smallest absolute Gasteiger partial charge is 0.130 e. The van der Waals surface area contributed by atoms with Crippen LogP contribution in [0.2, 0.25) is 0 Å². The van der Waals surface area contributed by atoms with E-state index in [0.717, 1.165) is 30.4 Å². The van der Waals surface area contributed by atoms with Gasteiger partial charge in [-0.15, -0.1) is 0 Å². The molecule has 0 unspecified atom stereocenters. The van der Waals surface area contributed by atoms with E-state index in [1.807, 2.05) is 0 Å². The molecule has 0 saturated carbocycles. The predicted molar refractivity (Wildman–Crippen MR) is 47.4 cm³/mol. The summed E-state index contributed by atoms with van der Waals surface area (Å²) < 4.78 is 1.02. The van der Waals surface area contributed by atoms with Crippen molar-refractivity contribution in [1.82, 2.24) is 0 Å². The van der Waals surface area contributed by atoms with Crippen LogP contribution in [0.5, 0.6) is 0 Å². The maximum atomic E-state index is 10.6. The van der Waals surface area contributed by atoms with Crippen LogP contribution in [0.4, 0.5) is 0 Å². The number of carbonyl (C=O) groups is 1. The highest BCUT2D eigenvalue weighted by Gasteiger charge is 2.10. The van der Waals surface area contributed by atoms with Crippen LogP contribution in [0.1, 0.15) is 26.7 Å². The van der Waals surface area contributed by atoms with Crippen LogP contribution in [0.3, 0.4) is 0 Å². The fourth-order valence-corrected chi connectivity index (χ4v) is 0.914. The van der Waals surface area contributed by atoms with Crippen molar-refractivity contribution in [2.24, 2.45) is 0 Å². The van der Waals surface area contributed by atoms with Crippen molar-refractivity contribution >= 4 is 5.78 Å². The Balaban J connectivity index is 3.45. The largest absolute Gasteiger partial charge is 0.329 e. The number of nitrogens with zero attached hydrogens (tertiary/aromatic N) is 1. The normalized spacial score (nSPS) is 11.6. The minimum absolute atomic E-state index is 0.307. The predicted octanol–water partition coefficient (Wildman–Crippen LogP) is 1.45. The maximum Gasteiger partial charge on any atom is 0.130 e. The minimum atomic E-state index is 0.307. The molecular formula is C9H20NO+. The second kappa shape index (κ2) is 4.50. The molecule has 0 heterocycles. The summed E-state index contributed by atoms with van der Waals surface area (Å²) in [6, 6.07) is 0. The summed E-state index contributed by atoms with van der Waals surface area (Å²) >= 11 is 0. The first-order valence-electron chi connectivity index (χ1n) is 4.29. The molecule has 66 valence electrons. The van der Waals surface area contributed by atoms with Crippen LogP contribution in [-0.4, -0.2) is 37.5 Å². The summed E-state index contributed by atoms with van der Waals surface area (Å²) in [6.45, 7) is 6.08. The van der Waals surface area contributed by atoms with E-state index < -0.39 is 0 Å². The van der Waals surface area contributed by atoms with Crippen LogP contribution in [0.25, 0.3) is 0 Å². The SMILES string of the molecule is CC[N+](C)(C)CCCC(C)=O. The van der Waals surface area contributed by atoms with Gasteiger partial charge in [0.25, 0.3) is 0 Å². The molecule has 0 aromatic rings. The second-order valence-corrected chi connectivity index (χ2v) is 3.78. The third-order valence-corrected chi connectivity index (χ3v) is 2.15. The molecule has 0 atom stereocenters. The number of quaternary nitrogens is 1. The second-order valence-electron chi connectivity index (χ2n) is 3.78. The van der Waals surface area contributed by atoms with Crippen LogP contribution in [0.15, 0.2) is 0 Å². The molecule has 0 fully saturated rings. The molecular weight excluding hydrogens is 138 g/mol. The molecule has 0 amide bonds. The molecule has 0 saturated heterocycles. The molecule has 11 heavy (non-hydrogen) atoms. The lowest BCUT2D eigenvalue weighted by atomic mass is 10.2. The lowest BCUT2D eigenvalue weighted by Crippen LogP contribution is -2.40. The fraction of sp³-hybridized carbons (Fsp3) is 0.889. The Labute approximate surface area is 69.8 Å². The van der Waals surface area contributed by atoms with E-state index in [1.54, 1.807) is 6.92 Å². The molecule has 0 aromatic heterocycles. The van der Waals surface area contributed by atoms with Crippen molar-refractivity contribution in [2.45, 2.75) is 26.7 Å². The van der Waals surface area contributed by atoms with E-state index in [4.69, 9.17) is 0 Å². The summed E-state index contributed by atoms with van der Waals surface area (Å²) in [5.74, 6) is 0.307. The van der Waals surface area contributed by atoms with Gasteiger partial charge in [-0.05, 0) is 13.8 Å². The molecule has 0 N–H and O–H groups in total. The molecule has 2 heteroatoms. The first-order valence-corrected chi connectivity index (χ1v) is 4.29. The number of hydrogen-bond donors (Lipinski definition) is 0. The minimum Gasteiger partial charge on any atom is -0.329 e. The van der Waals surface area contributed by atoms with E-state index in [9.17, 15) is 4.79 Å². The van der Waals surface area contributed by atoms with Gasteiger partial charge in [-0.1, -0.05) is 0 Å². The average Bonchev–Trinajstić information content (AvgIpc) is 1.87. The van der Waals surface area contributed by atoms with Gasteiger partial charge in [0.05, 0.1) is 27.2 Å². The van der Waals surface area contributed by atoms with Crippen LogP contribution in [-0.2, 0) is 4.79 Å². The number of hydrogen-bond acceptors (Lipinski definition) is 1. The van der Waals surface area contributed by atoms with Crippen molar-refractivity contribution in [2.75, 3.05) is 27.2 Å². The van der Waals surface area contributed by atoms with E-state index in [1.165, 1.54) is 0 Å². The zero-order chi connectivity index (χ0) is 8.91. The Hall–Kier alpha value is -0.370. The Morgan fingerprint density at radius 2 is 1.91 bits per heavy atom. The molecule has 0 aromatic carbocycles. The standard InChI is InChI=1S/C9H20NO/c1-5-10(3,4)8-6-7-9(2)11/h5-8H2,1-4H3/q+1. The van der Waals surface area contributed by atoms with Crippen molar-refractivity contribution in [3.63, 3.8) is 0 Å². The van der Waals surface area contributed by atoms with Gasteiger partial charge in [-0.25, -0.2) is 0 Å². The van der Waals surface area contributed by atoms with E-state index in [0.29, 0.717) is 5.78 Å². The van der Waals surface area contributed by atoms with Crippen LogP contribution < -0.4 is 0 Å². The third-order valence-electron chi connectivity index (χ3n) is 2.15. The first kappa shape index (κ1) is 10.6. The Bertz CT molecular complexity index is 130. The lowest BCUT2D eigenvalue weighted by molar-refractivity contribution is -0.888. The molecule has 0 aliphatic heterocycles. The quantitative estimate of drug-likeness (QED) is 0.553. The topological polar surface area (TPSA) is 17.1 Å². The summed E-state index contributed by atoms with van der Waals surface area (Å²) in [6.07, 6.45) is 1.76. The summed E-state index contributed by atoms with van der Waals surface area (Å²) in [5.41, 5.74) is 0. The highest BCUT2D eigenvalue weighted by atomic mass is 16.1. The van der Waals surface area contributed by atoms with Gasteiger partial charge in [-0.3, -0.25) is 0 Å². The molecule has 0 radical (unpaired) electrons. The summed E-state index contributed by atoms with van der Waals surface area (Å²) in [4.78, 5) is 10.6. The van der Waals surface area contributed by atoms with Crippen molar-refractivity contribution in [3.8, 4) is 0 Å². The number of rotatable bonds is 5. The highest BCUT2D eigenvalue weighted by Crippen LogP contribution is 2.00. The maximum absolute atomic E-state index is 10.6. The number of Topliss-reactive ketones (excluding diaryl/α,β-unsaturated/α-hetero) is 1. The average molecular weight is 158 g/mol. The van der Waals surface area contributed by atoms with Gasteiger partial charge in [0.15, 0.2) is 0 Å². The molecule has 0 rings (SSSR count). The van der Waals surface area contributed by atoms with Crippen LogP contribution >= 0.6 is 0 Å². The Morgan fingerprint density at radius 1 is 1.36 bits per heavy atom. The van der Waals surface area contributed by atoms with Crippen LogP contribution in [0, 0.1) is 0 Å². The molecule has 0 aliphatic rings. The van der Waals surface area contributed by atoms with Crippen molar-refractivity contribution in [3.05, 3.63) is 0 Å². The Kier molecular flexibility index (Phi) is 4.34. The zero-order valence-electron chi connectivity index (χ0n) is 8.18.